The van der Waals surface area contributed by atoms with Crippen molar-refractivity contribution in [2.24, 2.45) is 0 Å². The average Bonchev–Trinajstić information content (AvgIpc) is 2.91. The van der Waals surface area contributed by atoms with E-state index in [1.807, 2.05) is 37.0 Å². The Kier molecular flexibility index (Phi) is 5.12. The molecule has 108 valence electrons. The Hall–Kier alpha value is -1.88. The Morgan fingerprint density at radius 3 is 2.60 bits per heavy atom. The largest absolute Gasteiger partial charge is 0.494 e. The number of nitrogens with zero attached hydrogens (tertiary/aromatic N) is 3. The van der Waals surface area contributed by atoms with Crippen molar-refractivity contribution in [3.63, 3.8) is 0 Å². The summed E-state index contributed by atoms with van der Waals surface area (Å²) < 4.78 is 7.43. The molecule has 1 unspecified atom stereocenters. The minimum absolute atomic E-state index is 0.0900. The molecule has 0 fully saturated rings. The van der Waals surface area contributed by atoms with Crippen LogP contribution in [-0.2, 0) is 6.54 Å². The van der Waals surface area contributed by atoms with Crippen LogP contribution < -0.4 is 10.1 Å². The molecule has 0 aliphatic rings. The van der Waals surface area contributed by atoms with E-state index >= 15 is 0 Å². The maximum absolute atomic E-state index is 5.48. The number of aromatic nitrogens is 3. The zero-order chi connectivity index (χ0) is 14.4. The van der Waals surface area contributed by atoms with Gasteiger partial charge in [-0.2, -0.15) is 0 Å². The van der Waals surface area contributed by atoms with E-state index in [9.17, 15) is 0 Å². The molecule has 5 nitrogen and oxygen atoms in total. The number of hydrogen-bond donors (Lipinski definition) is 1. The Morgan fingerprint density at radius 2 is 2.00 bits per heavy atom. The number of rotatable bonds is 7. The molecule has 0 aliphatic heterocycles. The van der Waals surface area contributed by atoms with Crippen LogP contribution in [0.15, 0.2) is 30.5 Å². The first kappa shape index (κ1) is 14.5. The van der Waals surface area contributed by atoms with E-state index in [1.54, 1.807) is 0 Å². The molecule has 2 aromatic rings. The fraction of sp³-hybridized carbons (Fsp3) is 0.467. The standard InChI is InChI=1S/C15H22N4O/c1-4-10-19-14(11-17-18-19)15(16-3)12-6-8-13(9-7-12)20-5-2/h6-9,11,15-16H,4-5,10H2,1-3H3. The molecule has 1 atom stereocenters. The summed E-state index contributed by atoms with van der Waals surface area (Å²) in [4.78, 5) is 0. The van der Waals surface area contributed by atoms with E-state index in [2.05, 4.69) is 34.7 Å². The van der Waals surface area contributed by atoms with E-state index in [-0.39, 0.29) is 6.04 Å². The third-order valence-corrected chi connectivity index (χ3v) is 3.19. The molecular formula is C15H22N4O. The van der Waals surface area contributed by atoms with Gasteiger partial charge in [-0.1, -0.05) is 24.3 Å². The molecule has 0 bridgehead atoms. The molecule has 0 radical (unpaired) electrons. The number of aryl methyl sites for hydroxylation is 1. The van der Waals surface area contributed by atoms with Gasteiger partial charge in [0.15, 0.2) is 0 Å². The summed E-state index contributed by atoms with van der Waals surface area (Å²) in [7, 11) is 1.95. The first-order valence-corrected chi connectivity index (χ1v) is 7.08. The van der Waals surface area contributed by atoms with Crippen LogP contribution in [0.3, 0.4) is 0 Å². The Labute approximate surface area is 120 Å². The molecule has 0 spiro atoms. The maximum atomic E-state index is 5.48. The minimum Gasteiger partial charge on any atom is -0.494 e. The molecule has 20 heavy (non-hydrogen) atoms. The fourth-order valence-electron chi connectivity index (χ4n) is 2.28. The van der Waals surface area contributed by atoms with Gasteiger partial charge in [-0.25, -0.2) is 4.68 Å². The van der Waals surface area contributed by atoms with Gasteiger partial charge >= 0.3 is 0 Å². The van der Waals surface area contributed by atoms with Crippen LogP contribution in [0.1, 0.15) is 37.6 Å². The summed E-state index contributed by atoms with van der Waals surface area (Å²) in [5, 5.41) is 11.5. The van der Waals surface area contributed by atoms with Crippen molar-refractivity contribution in [2.45, 2.75) is 32.9 Å². The topological polar surface area (TPSA) is 52.0 Å². The number of nitrogens with one attached hydrogen (secondary N) is 1. The molecule has 0 saturated carbocycles. The van der Waals surface area contributed by atoms with Gasteiger partial charge in [-0.15, -0.1) is 5.10 Å². The lowest BCUT2D eigenvalue weighted by molar-refractivity contribution is 0.340. The summed E-state index contributed by atoms with van der Waals surface area (Å²) in [5.74, 6) is 0.895. The number of benzene rings is 1. The van der Waals surface area contributed by atoms with Gasteiger partial charge in [0.1, 0.15) is 5.75 Å². The average molecular weight is 274 g/mol. The molecule has 1 aromatic heterocycles. The van der Waals surface area contributed by atoms with Crippen LogP contribution in [0.5, 0.6) is 5.75 Å². The highest BCUT2D eigenvalue weighted by atomic mass is 16.5. The zero-order valence-electron chi connectivity index (χ0n) is 12.3. The lowest BCUT2D eigenvalue weighted by Gasteiger charge is -2.18. The molecule has 1 aromatic carbocycles. The third-order valence-electron chi connectivity index (χ3n) is 3.19. The molecule has 0 aliphatic carbocycles. The summed E-state index contributed by atoms with van der Waals surface area (Å²) in [6.45, 7) is 5.68. The van der Waals surface area contributed by atoms with E-state index in [0.29, 0.717) is 6.61 Å². The Balaban J connectivity index is 2.24. The van der Waals surface area contributed by atoms with Crippen molar-refractivity contribution in [2.75, 3.05) is 13.7 Å². The molecule has 5 heteroatoms. The van der Waals surface area contributed by atoms with Crippen molar-refractivity contribution in [3.05, 3.63) is 41.7 Å². The van der Waals surface area contributed by atoms with Gasteiger partial charge in [0.25, 0.3) is 0 Å². The quantitative estimate of drug-likeness (QED) is 0.842. The summed E-state index contributed by atoms with van der Waals surface area (Å²) in [6, 6.07) is 8.24. The van der Waals surface area contributed by atoms with Gasteiger partial charge in [-0.3, -0.25) is 0 Å². The lowest BCUT2D eigenvalue weighted by atomic mass is 10.0. The highest BCUT2D eigenvalue weighted by Crippen LogP contribution is 2.23. The van der Waals surface area contributed by atoms with Gasteiger partial charge in [0.2, 0.25) is 0 Å². The predicted molar refractivity (Wildman–Crippen MR) is 78.8 cm³/mol. The van der Waals surface area contributed by atoms with Crippen molar-refractivity contribution in [1.29, 1.82) is 0 Å². The number of ether oxygens (including phenoxy) is 1. The monoisotopic (exact) mass is 274 g/mol. The molecule has 1 N–H and O–H groups in total. The highest BCUT2D eigenvalue weighted by Gasteiger charge is 2.17. The van der Waals surface area contributed by atoms with Gasteiger partial charge in [-0.05, 0) is 38.1 Å². The molecule has 0 saturated heterocycles. The normalized spacial score (nSPS) is 12.3. The molecule has 1 heterocycles. The van der Waals surface area contributed by atoms with Crippen LogP contribution >= 0.6 is 0 Å². The minimum atomic E-state index is 0.0900. The summed E-state index contributed by atoms with van der Waals surface area (Å²) in [5.41, 5.74) is 2.26. The second-order valence-corrected chi connectivity index (χ2v) is 4.61. The molecule has 0 amide bonds. The Bertz CT molecular complexity index is 521. The van der Waals surface area contributed by atoms with Crippen molar-refractivity contribution in [1.82, 2.24) is 20.3 Å². The zero-order valence-corrected chi connectivity index (χ0v) is 12.3. The van der Waals surface area contributed by atoms with E-state index in [1.165, 1.54) is 5.56 Å². The maximum Gasteiger partial charge on any atom is 0.119 e. The van der Waals surface area contributed by atoms with E-state index < -0.39 is 0 Å². The van der Waals surface area contributed by atoms with Crippen LogP contribution in [0.25, 0.3) is 0 Å². The van der Waals surface area contributed by atoms with E-state index in [0.717, 1.165) is 24.4 Å². The van der Waals surface area contributed by atoms with Crippen molar-refractivity contribution >= 4 is 0 Å². The van der Waals surface area contributed by atoms with Crippen LogP contribution in [0.4, 0.5) is 0 Å². The first-order valence-electron chi connectivity index (χ1n) is 7.08. The fourth-order valence-corrected chi connectivity index (χ4v) is 2.28. The smallest absolute Gasteiger partial charge is 0.119 e. The van der Waals surface area contributed by atoms with Crippen LogP contribution in [0, 0.1) is 0 Å². The van der Waals surface area contributed by atoms with Crippen molar-refractivity contribution < 1.29 is 4.74 Å². The second kappa shape index (κ2) is 7.05. The van der Waals surface area contributed by atoms with Crippen LogP contribution in [-0.4, -0.2) is 28.6 Å². The first-order chi connectivity index (χ1) is 9.80. The highest BCUT2D eigenvalue weighted by molar-refractivity contribution is 5.32. The SMILES string of the molecule is CCCn1nncc1C(NC)c1ccc(OCC)cc1. The summed E-state index contributed by atoms with van der Waals surface area (Å²) >= 11 is 0. The van der Waals surface area contributed by atoms with Gasteiger partial charge in [0, 0.05) is 6.54 Å². The summed E-state index contributed by atoms with van der Waals surface area (Å²) in [6.07, 6.45) is 2.86. The lowest BCUT2D eigenvalue weighted by Crippen LogP contribution is -2.21. The second-order valence-electron chi connectivity index (χ2n) is 4.61. The van der Waals surface area contributed by atoms with Crippen molar-refractivity contribution in [3.8, 4) is 5.75 Å². The molecular weight excluding hydrogens is 252 g/mol. The Morgan fingerprint density at radius 1 is 1.25 bits per heavy atom. The van der Waals surface area contributed by atoms with Crippen LogP contribution in [0.2, 0.25) is 0 Å². The van der Waals surface area contributed by atoms with Gasteiger partial charge in [0.05, 0.1) is 24.5 Å². The molecule has 2 rings (SSSR count). The third kappa shape index (κ3) is 3.17. The van der Waals surface area contributed by atoms with E-state index in [4.69, 9.17) is 4.74 Å². The van der Waals surface area contributed by atoms with Gasteiger partial charge < -0.3 is 10.1 Å². The predicted octanol–water partition coefficient (Wildman–Crippen LogP) is 2.40. The number of hydrogen-bond acceptors (Lipinski definition) is 4.